The molecule has 0 aliphatic carbocycles. The molecular weight excluding hydrogens is 386 g/mol. The second kappa shape index (κ2) is 6.81. The van der Waals surface area contributed by atoms with Crippen molar-refractivity contribution >= 4 is 32.2 Å². The standard InChI is InChI=1S/C21H21N5O2S/c1-15-8-7-13-25(14-15)19-17-11-5-6-12-18(17)26-20(22-19)21(23-24-26)29(27,28)16-9-3-2-4-10-16/h2-6,9-12,15H,7-8,13-14H2,1H3/t15-/m0/s1. The topological polar surface area (TPSA) is 80.5 Å². The molecule has 1 saturated heterocycles. The number of sulfone groups is 1. The zero-order valence-corrected chi connectivity index (χ0v) is 16.9. The summed E-state index contributed by atoms with van der Waals surface area (Å²) in [5.41, 5.74) is 1.06. The van der Waals surface area contributed by atoms with Crippen LogP contribution in [0.5, 0.6) is 0 Å². The maximum absolute atomic E-state index is 13.2. The summed E-state index contributed by atoms with van der Waals surface area (Å²) >= 11 is 0. The van der Waals surface area contributed by atoms with Gasteiger partial charge in [-0.25, -0.2) is 13.4 Å². The molecule has 3 heterocycles. The van der Waals surface area contributed by atoms with Gasteiger partial charge >= 0.3 is 0 Å². The highest BCUT2D eigenvalue weighted by molar-refractivity contribution is 7.91. The number of aromatic nitrogens is 4. The van der Waals surface area contributed by atoms with E-state index in [0.717, 1.165) is 36.2 Å². The second-order valence-electron chi connectivity index (χ2n) is 7.59. The fourth-order valence-corrected chi connectivity index (χ4v) is 5.29. The zero-order chi connectivity index (χ0) is 20.0. The van der Waals surface area contributed by atoms with Gasteiger partial charge in [-0.2, -0.15) is 4.52 Å². The van der Waals surface area contributed by atoms with Gasteiger partial charge in [0.05, 0.1) is 10.4 Å². The third-order valence-corrected chi connectivity index (χ3v) is 7.13. The molecule has 1 atom stereocenters. The second-order valence-corrected chi connectivity index (χ2v) is 9.46. The smallest absolute Gasteiger partial charge is 0.229 e. The van der Waals surface area contributed by atoms with E-state index in [2.05, 4.69) is 22.1 Å². The lowest BCUT2D eigenvalue weighted by atomic mass is 10.00. The molecule has 1 aliphatic heterocycles. The van der Waals surface area contributed by atoms with Crippen LogP contribution in [0.15, 0.2) is 64.5 Å². The number of anilines is 1. The van der Waals surface area contributed by atoms with Crippen molar-refractivity contribution in [3.63, 3.8) is 0 Å². The van der Waals surface area contributed by atoms with Gasteiger partial charge in [-0.1, -0.05) is 42.5 Å². The van der Waals surface area contributed by atoms with Crippen molar-refractivity contribution in [3.8, 4) is 0 Å². The third-order valence-electron chi connectivity index (χ3n) is 5.47. The molecule has 0 amide bonds. The van der Waals surface area contributed by atoms with Gasteiger partial charge in [0.1, 0.15) is 5.82 Å². The van der Waals surface area contributed by atoms with Crippen LogP contribution in [0, 0.1) is 5.92 Å². The van der Waals surface area contributed by atoms with Crippen LogP contribution in [0.25, 0.3) is 16.6 Å². The quantitative estimate of drug-likeness (QED) is 0.518. The summed E-state index contributed by atoms with van der Waals surface area (Å²) in [6.45, 7) is 4.04. The van der Waals surface area contributed by atoms with Gasteiger partial charge in [0.2, 0.25) is 14.9 Å². The molecule has 2 aromatic carbocycles. The summed E-state index contributed by atoms with van der Waals surface area (Å²) in [7, 11) is -3.82. The SMILES string of the molecule is C[C@H]1CCCN(c2nc3c(S(=O)(=O)c4ccccc4)nnn3c3ccccc23)C1. The van der Waals surface area contributed by atoms with Crippen LogP contribution in [0.1, 0.15) is 19.8 Å². The highest BCUT2D eigenvalue weighted by Gasteiger charge is 2.28. The Bertz CT molecular complexity index is 1300. The molecule has 4 aromatic rings. The Hall–Kier alpha value is -3.00. The summed E-state index contributed by atoms with van der Waals surface area (Å²) in [4.78, 5) is 7.24. The van der Waals surface area contributed by atoms with Crippen molar-refractivity contribution < 1.29 is 8.42 Å². The van der Waals surface area contributed by atoms with E-state index in [1.54, 1.807) is 30.3 Å². The molecule has 0 spiro atoms. The van der Waals surface area contributed by atoms with Crippen molar-refractivity contribution in [1.82, 2.24) is 19.8 Å². The van der Waals surface area contributed by atoms with Crippen LogP contribution >= 0.6 is 0 Å². The maximum atomic E-state index is 13.2. The summed E-state index contributed by atoms with van der Waals surface area (Å²) < 4.78 is 28.0. The molecule has 1 fully saturated rings. The molecule has 29 heavy (non-hydrogen) atoms. The minimum absolute atomic E-state index is 0.110. The number of hydrogen-bond donors (Lipinski definition) is 0. The van der Waals surface area contributed by atoms with Crippen molar-refractivity contribution in [2.75, 3.05) is 18.0 Å². The number of piperidine rings is 1. The van der Waals surface area contributed by atoms with Crippen molar-refractivity contribution in [2.24, 2.45) is 5.92 Å². The number of nitrogens with zero attached hydrogens (tertiary/aromatic N) is 5. The predicted octanol–water partition coefficient (Wildman–Crippen LogP) is 3.35. The molecule has 0 N–H and O–H groups in total. The lowest BCUT2D eigenvalue weighted by Crippen LogP contribution is -2.35. The van der Waals surface area contributed by atoms with E-state index >= 15 is 0 Å². The maximum Gasteiger partial charge on any atom is 0.229 e. The van der Waals surface area contributed by atoms with Crippen molar-refractivity contribution in [2.45, 2.75) is 29.7 Å². The molecular formula is C21H21N5O2S. The first-order valence-electron chi connectivity index (χ1n) is 9.75. The first-order chi connectivity index (χ1) is 14.1. The van der Waals surface area contributed by atoms with Gasteiger partial charge in [-0.05, 0) is 43.0 Å². The number of rotatable bonds is 3. The summed E-state index contributed by atoms with van der Waals surface area (Å²) in [5, 5.41) is 9.02. The van der Waals surface area contributed by atoms with Crippen LogP contribution < -0.4 is 4.90 Å². The first kappa shape index (κ1) is 18.1. The normalized spacial score (nSPS) is 17.8. The van der Waals surface area contributed by atoms with E-state index in [9.17, 15) is 8.42 Å². The summed E-state index contributed by atoms with van der Waals surface area (Å²) in [6, 6.07) is 16.1. The number of fused-ring (bicyclic) bond motifs is 3. The predicted molar refractivity (Wildman–Crippen MR) is 111 cm³/mol. The minimum Gasteiger partial charge on any atom is -0.356 e. The van der Waals surface area contributed by atoms with Crippen LogP contribution in [0.4, 0.5) is 5.82 Å². The van der Waals surface area contributed by atoms with Crippen LogP contribution in [0.2, 0.25) is 0 Å². The molecule has 0 unspecified atom stereocenters. The van der Waals surface area contributed by atoms with Gasteiger partial charge in [0, 0.05) is 18.5 Å². The van der Waals surface area contributed by atoms with Crippen LogP contribution in [-0.4, -0.2) is 41.3 Å². The molecule has 1 aliphatic rings. The molecule has 8 heteroatoms. The number of para-hydroxylation sites is 1. The fraction of sp³-hybridized carbons (Fsp3) is 0.286. The Morgan fingerprint density at radius 2 is 1.79 bits per heavy atom. The Labute approximate surface area is 168 Å². The number of benzene rings is 2. The van der Waals surface area contributed by atoms with Gasteiger partial charge in [-0.15, -0.1) is 5.10 Å². The molecule has 0 bridgehead atoms. The summed E-state index contributed by atoms with van der Waals surface area (Å²) in [5.74, 6) is 1.36. The first-order valence-corrected chi connectivity index (χ1v) is 11.2. The van der Waals surface area contributed by atoms with E-state index in [1.165, 1.54) is 10.9 Å². The van der Waals surface area contributed by atoms with E-state index in [0.29, 0.717) is 5.92 Å². The van der Waals surface area contributed by atoms with Crippen LogP contribution in [-0.2, 0) is 9.84 Å². The Morgan fingerprint density at radius 3 is 2.59 bits per heavy atom. The summed E-state index contributed by atoms with van der Waals surface area (Å²) in [6.07, 6.45) is 2.29. The van der Waals surface area contributed by atoms with Crippen molar-refractivity contribution in [3.05, 3.63) is 54.6 Å². The Morgan fingerprint density at radius 1 is 1.03 bits per heavy atom. The van der Waals surface area contributed by atoms with E-state index < -0.39 is 9.84 Å². The van der Waals surface area contributed by atoms with E-state index in [-0.39, 0.29) is 15.6 Å². The molecule has 0 radical (unpaired) electrons. The Balaban J connectivity index is 1.77. The third kappa shape index (κ3) is 2.95. The molecule has 5 rings (SSSR count). The zero-order valence-electron chi connectivity index (χ0n) is 16.1. The van der Waals surface area contributed by atoms with Crippen LogP contribution in [0.3, 0.4) is 0 Å². The lowest BCUT2D eigenvalue weighted by Gasteiger charge is -2.32. The van der Waals surface area contributed by atoms with E-state index in [1.807, 2.05) is 24.3 Å². The minimum atomic E-state index is -3.82. The van der Waals surface area contributed by atoms with Gasteiger partial charge < -0.3 is 4.90 Å². The van der Waals surface area contributed by atoms with Crippen molar-refractivity contribution in [1.29, 1.82) is 0 Å². The fourth-order valence-electron chi connectivity index (χ4n) is 4.04. The monoisotopic (exact) mass is 407 g/mol. The highest BCUT2D eigenvalue weighted by atomic mass is 32.2. The lowest BCUT2D eigenvalue weighted by molar-refractivity contribution is 0.445. The molecule has 148 valence electrons. The average Bonchev–Trinajstić information content (AvgIpc) is 3.19. The molecule has 7 nitrogen and oxygen atoms in total. The molecule has 0 saturated carbocycles. The highest BCUT2D eigenvalue weighted by Crippen LogP contribution is 2.31. The molecule has 2 aromatic heterocycles. The van der Waals surface area contributed by atoms with Gasteiger partial charge in [-0.3, -0.25) is 0 Å². The van der Waals surface area contributed by atoms with Gasteiger partial charge in [0.15, 0.2) is 5.65 Å². The van der Waals surface area contributed by atoms with Gasteiger partial charge in [0.25, 0.3) is 0 Å². The Kier molecular flexibility index (Phi) is 4.24. The average molecular weight is 407 g/mol. The number of hydrogen-bond acceptors (Lipinski definition) is 6. The van der Waals surface area contributed by atoms with E-state index in [4.69, 9.17) is 4.98 Å². The largest absolute Gasteiger partial charge is 0.356 e.